The van der Waals surface area contributed by atoms with E-state index >= 15 is 57.5 Å². The van der Waals surface area contributed by atoms with E-state index in [1.807, 2.05) is 0 Å². The van der Waals surface area contributed by atoms with Crippen molar-refractivity contribution in [3.8, 4) is 0 Å². The first kappa shape index (κ1) is 50.4. The number of carbonyl (C=O) groups is 12. The summed E-state index contributed by atoms with van der Waals surface area (Å²) in [6, 6.07) is -6.61. The molecule has 19 fully saturated rings. The monoisotopic (exact) mass is 1200 g/mol. The lowest BCUT2D eigenvalue weighted by Crippen LogP contribution is -2.80. The maximum Gasteiger partial charge on any atom is 0.326 e. The maximum absolute atomic E-state index is 15.1. The zero-order chi connectivity index (χ0) is 59.2. The van der Waals surface area contributed by atoms with Gasteiger partial charge in [0.25, 0.3) is 0 Å². The highest BCUT2D eigenvalue weighted by molar-refractivity contribution is 5.95. The largest absolute Gasteiger partial charge is 0.350 e. The van der Waals surface area contributed by atoms with E-state index < -0.39 is 226 Å². The van der Waals surface area contributed by atoms with Crippen molar-refractivity contribution < 1.29 is 69.0 Å². The Balaban J connectivity index is 0.000000357. The van der Waals surface area contributed by atoms with Gasteiger partial charge in [0, 0.05) is 12.8 Å². The molecule has 0 aromatic rings. The summed E-state index contributed by atoms with van der Waals surface area (Å²) in [5.41, 5.74) is 13.3. The predicted molar refractivity (Wildman–Crippen MR) is 273 cm³/mol. The van der Waals surface area contributed by atoms with Crippen molar-refractivity contribution in [1.29, 1.82) is 0 Å². The number of hydrogen-bond donors (Lipinski definition) is 3. The van der Waals surface area contributed by atoms with Gasteiger partial charge in [-0.3, -0.25) is 118 Å². The fourth-order valence-electron chi connectivity index (χ4n) is 17.5. The number of urea groups is 12. The van der Waals surface area contributed by atoms with Crippen molar-refractivity contribution in [2.45, 2.75) is 132 Å². The van der Waals surface area contributed by atoms with E-state index in [0.29, 0.717) is 18.0 Å². The lowest BCUT2D eigenvalue weighted by Gasteiger charge is -2.42. The zero-order valence-corrected chi connectivity index (χ0v) is 47.0. The van der Waals surface area contributed by atoms with E-state index in [-0.39, 0.29) is 0 Å². The van der Waals surface area contributed by atoms with Crippen LogP contribution in [0, 0.1) is 5.92 Å². The van der Waals surface area contributed by atoms with E-state index in [2.05, 4.69) is 25.3 Å². The van der Waals surface area contributed by atoms with Gasteiger partial charge in [-0.1, -0.05) is 20.3 Å². The lowest BCUT2D eigenvalue weighted by molar-refractivity contribution is -0.534. The summed E-state index contributed by atoms with van der Waals surface area (Å²) in [5.74, 6) is 0.713. The third kappa shape index (κ3) is 5.66. The molecule has 3 atom stereocenters. The third-order valence-corrected chi connectivity index (χ3v) is 22.0. The minimum absolute atomic E-state index is 0.457. The molecule has 0 aromatic carbocycles. The quantitative estimate of drug-likeness (QED) is 0.232. The van der Waals surface area contributed by atoms with E-state index in [0.717, 1.165) is 6.54 Å². The summed E-state index contributed by atoms with van der Waals surface area (Å²) in [4.78, 5) is 213. The van der Waals surface area contributed by atoms with Crippen LogP contribution in [0.1, 0.15) is 46.0 Å². The number of hydrogen-bond acceptors (Lipinski definition) is 13. The average Bonchev–Trinajstić information content (AvgIpc) is 1.54. The molecule has 18 saturated heterocycles. The molecule has 19 rings (SSSR count). The van der Waals surface area contributed by atoms with Crippen molar-refractivity contribution in [2.24, 2.45) is 11.7 Å². The summed E-state index contributed by atoms with van der Waals surface area (Å²) in [6.07, 6.45) is -7.37. The second kappa shape index (κ2) is 16.3. The molecule has 458 valence electrons. The Morgan fingerprint density at radius 3 is 0.477 bits per heavy atom. The molecule has 0 radical (unpaired) electrons. The second-order valence-corrected chi connectivity index (χ2v) is 25.9. The van der Waals surface area contributed by atoms with Gasteiger partial charge in [-0.2, -0.15) is 0 Å². The van der Waals surface area contributed by atoms with Gasteiger partial charge < -0.3 is 17.2 Å². The van der Waals surface area contributed by atoms with Crippen molar-refractivity contribution in [3.63, 3.8) is 0 Å². The van der Waals surface area contributed by atoms with Gasteiger partial charge in [-0.25, -0.2) is 57.5 Å². The first-order chi connectivity index (χ1) is 41.3. The molecule has 39 heteroatoms. The number of nitrogens with zero attached hydrogens (tertiary/aromatic N) is 24. The molecule has 1 unspecified atom stereocenters. The van der Waals surface area contributed by atoms with Crippen LogP contribution in [0.15, 0.2) is 0 Å². The van der Waals surface area contributed by atoms with E-state index in [1.165, 1.54) is 150 Å². The Morgan fingerprint density at radius 1 is 0.291 bits per heavy atom. The van der Waals surface area contributed by atoms with Crippen molar-refractivity contribution in [3.05, 3.63) is 0 Å². The Kier molecular flexibility index (Phi) is 9.59. The topological polar surface area (TPSA) is 364 Å². The van der Waals surface area contributed by atoms with Crippen LogP contribution in [0.2, 0.25) is 0 Å². The van der Waals surface area contributed by atoms with Gasteiger partial charge >= 0.3 is 72.4 Å². The van der Waals surface area contributed by atoms with E-state index in [1.54, 1.807) is 0 Å². The molecule has 18 heterocycles. The van der Waals surface area contributed by atoms with Crippen LogP contribution < -0.4 is 17.2 Å². The van der Waals surface area contributed by atoms with Crippen molar-refractivity contribution in [1.82, 2.24) is 118 Å². The van der Waals surface area contributed by atoms with Crippen LogP contribution in [-0.4, -0.2) is 363 Å². The molecule has 1 aliphatic carbocycles. The van der Waals surface area contributed by atoms with Crippen LogP contribution in [0.5, 0.6) is 0 Å². The van der Waals surface area contributed by atoms with Crippen molar-refractivity contribution >= 4 is 72.4 Å². The summed E-state index contributed by atoms with van der Waals surface area (Å²) in [7, 11) is 0. The highest BCUT2D eigenvalue weighted by Gasteiger charge is 2.76. The van der Waals surface area contributed by atoms with Crippen LogP contribution in [0.4, 0.5) is 57.5 Å². The highest BCUT2D eigenvalue weighted by atomic mass is 16.3. The third-order valence-electron chi connectivity index (χ3n) is 22.0. The summed E-state index contributed by atoms with van der Waals surface area (Å²) >= 11 is 0. The van der Waals surface area contributed by atoms with Crippen LogP contribution >= 0.6 is 0 Å². The van der Waals surface area contributed by atoms with Crippen LogP contribution in [-0.2, 0) is 0 Å². The maximum atomic E-state index is 15.1. The normalized spacial score (nSPS) is 38.5. The van der Waals surface area contributed by atoms with Gasteiger partial charge in [-0.15, -0.1) is 0 Å². The smallest absolute Gasteiger partial charge is 0.326 e. The van der Waals surface area contributed by atoms with E-state index in [9.17, 15) is 0 Å². The molecule has 86 heavy (non-hydrogen) atoms. The van der Waals surface area contributed by atoms with Gasteiger partial charge in [-0.05, 0) is 25.3 Å². The number of amides is 24. The van der Waals surface area contributed by atoms with Crippen LogP contribution in [0.3, 0.4) is 0 Å². The first-order valence-electron chi connectivity index (χ1n) is 29.6. The minimum Gasteiger partial charge on any atom is -0.350 e. The molecule has 8 N–H and O–H groups in total. The molecule has 0 bridgehead atoms. The van der Waals surface area contributed by atoms with Gasteiger partial charge in [0.2, 0.25) is 0 Å². The Morgan fingerprint density at radius 2 is 0.407 bits per heavy atom. The number of rotatable bonds is 2. The van der Waals surface area contributed by atoms with Gasteiger partial charge in [0.1, 0.15) is 92.1 Å². The average molecular weight is 1200 g/mol. The standard InChI is InChI=1S/C36H36N24O12.C6H14N2.C5H13N/c61-25-37-1-38-14-16-42(26(38)62)4-46-18-20-50(30(46)66)8-54-22-24-58(34(54)70)11-57-23-21-53(33(57)69)7-49-19-17-45(29(49)65)3-41(25)15-13(37)39-2-40(14)28(64)44(16)6-48(18)32(68)52(20)10-56(22)36(72)60(24)12-59(23)35(71)55(21)9-51(19)31(67)47(17)5-43(15)27(39)63;7-5-3-1-2-4-6(5)8;1-3-5(2)4-6/h13-24H,1-12H2;5-6H,1-4,7-8H2;5H,3-4,6H2,1-2H3/p+2/t;5-,6-;/m.1./s1. The van der Waals surface area contributed by atoms with Crippen molar-refractivity contribution in [2.75, 3.05) is 86.6 Å². The molecular weight excluding hydrogens is 1130 g/mol. The summed E-state index contributed by atoms with van der Waals surface area (Å²) < 4.78 is 0. The molecule has 18 aliphatic heterocycles. The Labute approximate surface area is 488 Å². The molecule has 0 aromatic heterocycles. The molecule has 1 saturated carbocycles. The zero-order valence-electron chi connectivity index (χ0n) is 47.0. The molecule has 24 amide bonds. The Bertz CT molecular complexity index is 2410. The second-order valence-electron chi connectivity index (χ2n) is 25.9. The highest BCUT2D eigenvalue weighted by Crippen LogP contribution is 2.51. The number of quaternary nitrogens is 2. The van der Waals surface area contributed by atoms with Gasteiger partial charge in [0.05, 0.1) is 0 Å². The lowest BCUT2D eigenvalue weighted by atomic mass is 9.92. The Hall–Kier alpha value is -8.88. The fourth-order valence-corrected chi connectivity index (χ4v) is 17.5. The molecule has 19 aliphatic rings. The summed E-state index contributed by atoms with van der Waals surface area (Å²) in [5, 5.41) is 0. The van der Waals surface area contributed by atoms with Crippen LogP contribution in [0.25, 0.3) is 0 Å². The predicted octanol–water partition coefficient (Wildman–Crippen LogP) is -5.89. The fraction of sp³-hybridized carbons (Fsp3) is 0.745. The first-order valence-corrected chi connectivity index (χ1v) is 29.6. The molecular formula is C47H65N27O12+2. The summed E-state index contributed by atoms with van der Waals surface area (Å²) in [6.45, 7) is -0.351. The SMILES string of the molecule is CCC(C)CN.O=C1N2CN3C(=O)N4CN5C(=O)N6CN7C(=O)N8CN9C(=O)N%10CN%11C(=O)N%12CN1C1C2N2CN%13C(=O)N(CN%14C(=O)N(CN%15C(=O)N(CN%16C(=O)N(CN%17C(=O)N(CN1C2=O)C%12C%11%17)C%10C9%16)C8C7%15)C6C5%14)C4C3%13.[NH3+][C@@H]1CCCC[C@H]1[NH3+]. The number of carbonyl (C=O) groups excluding carboxylic acids is 12. The number of nitrogens with two attached hydrogens (primary N) is 1. The molecule has 0 spiro atoms. The molecule has 39 nitrogen and oxygen atoms in total. The van der Waals surface area contributed by atoms with Gasteiger partial charge in [0.15, 0.2) is 74.0 Å². The van der Waals surface area contributed by atoms with E-state index in [4.69, 9.17) is 5.73 Å². The minimum atomic E-state index is -1.16.